The van der Waals surface area contributed by atoms with Crippen LogP contribution in [0.4, 0.5) is 0 Å². The van der Waals surface area contributed by atoms with Crippen LogP contribution in [-0.4, -0.2) is 17.9 Å². The molecular weight excluding hydrogens is 204 g/mol. The number of fused-ring (bicyclic) bond motifs is 1. The molecule has 0 heterocycles. The molecule has 1 aliphatic rings. The Morgan fingerprint density at radius 3 is 2.50 bits per heavy atom. The zero-order chi connectivity index (χ0) is 11.9. The molecule has 1 aromatic rings. The van der Waals surface area contributed by atoms with Gasteiger partial charge in [0.05, 0.1) is 0 Å². The molecule has 0 saturated heterocycles. The number of Topliss-reactive ketones (excluding diaryl/α,β-unsaturated/α-hetero) is 1. The zero-order valence-electron chi connectivity index (χ0n) is 9.66. The molecule has 1 aliphatic carbocycles. The Bertz CT molecular complexity index is 474. The van der Waals surface area contributed by atoms with Crippen molar-refractivity contribution in [1.82, 2.24) is 0 Å². The number of ether oxygens (including phenoxy) is 1. The van der Waals surface area contributed by atoms with Crippen molar-refractivity contribution in [2.45, 2.75) is 33.3 Å². The van der Waals surface area contributed by atoms with E-state index in [1.807, 2.05) is 26.0 Å². The normalized spacial score (nSPS) is 18.4. The predicted molar refractivity (Wildman–Crippen MR) is 59.5 cm³/mol. The van der Waals surface area contributed by atoms with Crippen LogP contribution in [0.5, 0.6) is 0 Å². The number of esters is 1. The van der Waals surface area contributed by atoms with Crippen LogP contribution >= 0.6 is 0 Å². The van der Waals surface area contributed by atoms with Crippen LogP contribution in [0.25, 0.3) is 0 Å². The molecule has 1 atom stereocenters. The monoisotopic (exact) mass is 218 g/mol. The zero-order valence-corrected chi connectivity index (χ0v) is 9.66. The number of rotatable bonds is 1. The van der Waals surface area contributed by atoms with Gasteiger partial charge < -0.3 is 4.74 Å². The number of hydrogen-bond acceptors (Lipinski definition) is 3. The van der Waals surface area contributed by atoms with E-state index in [4.69, 9.17) is 4.74 Å². The molecule has 0 bridgehead atoms. The Balaban J connectivity index is 2.42. The van der Waals surface area contributed by atoms with E-state index in [9.17, 15) is 9.59 Å². The molecule has 0 spiro atoms. The van der Waals surface area contributed by atoms with Crippen molar-refractivity contribution in [2.75, 3.05) is 0 Å². The summed E-state index contributed by atoms with van der Waals surface area (Å²) in [6.07, 6.45) is -0.103. The van der Waals surface area contributed by atoms with Crippen LogP contribution in [0.1, 0.15) is 34.0 Å². The maximum absolute atomic E-state index is 12.0. The first kappa shape index (κ1) is 10.9. The second-order valence-corrected chi connectivity index (χ2v) is 4.22. The minimum Gasteiger partial charge on any atom is -0.454 e. The number of ketones is 1. The average Bonchev–Trinajstić information content (AvgIpc) is 2.51. The lowest BCUT2D eigenvalue weighted by atomic mass is 10.00. The summed E-state index contributed by atoms with van der Waals surface area (Å²) in [5.41, 5.74) is 3.81. The van der Waals surface area contributed by atoms with E-state index in [2.05, 4.69) is 0 Å². The molecule has 0 aliphatic heterocycles. The lowest BCUT2D eigenvalue weighted by molar-refractivity contribution is -0.144. The lowest BCUT2D eigenvalue weighted by Crippen LogP contribution is -2.22. The van der Waals surface area contributed by atoms with Gasteiger partial charge in [-0.1, -0.05) is 12.1 Å². The first-order valence-corrected chi connectivity index (χ1v) is 5.31. The second-order valence-electron chi connectivity index (χ2n) is 4.22. The molecule has 3 nitrogen and oxygen atoms in total. The van der Waals surface area contributed by atoms with E-state index >= 15 is 0 Å². The summed E-state index contributed by atoms with van der Waals surface area (Å²) in [7, 11) is 0. The Labute approximate surface area is 94.4 Å². The van der Waals surface area contributed by atoms with Gasteiger partial charge in [-0.15, -0.1) is 0 Å². The first-order chi connectivity index (χ1) is 7.50. The molecule has 0 N–H and O–H groups in total. The van der Waals surface area contributed by atoms with E-state index < -0.39 is 12.1 Å². The molecule has 16 heavy (non-hydrogen) atoms. The quantitative estimate of drug-likeness (QED) is 0.677. The Hall–Kier alpha value is -1.64. The summed E-state index contributed by atoms with van der Waals surface area (Å²) in [6, 6.07) is 3.93. The molecule has 0 amide bonds. The highest BCUT2D eigenvalue weighted by Gasteiger charge is 2.34. The Kier molecular flexibility index (Phi) is 2.54. The Morgan fingerprint density at radius 2 is 1.94 bits per heavy atom. The van der Waals surface area contributed by atoms with Gasteiger partial charge in [-0.2, -0.15) is 0 Å². The van der Waals surface area contributed by atoms with Gasteiger partial charge >= 0.3 is 5.97 Å². The van der Waals surface area contributed by atoms with Crippen LogP contribution in [0.2, 0.25) is 0 Å². The summed E-state index contributed by atoms with van der Waals surface area (Å²) in [6.45, 7) is 5.21. The van der Waals surface area contributed by atoms with Gasteiger partial charge in [0.15, 0.2) is 6.10 Å². The van der Waals surface area contributed by atoms with Crippen LogP contribution in [-0.2, 0) is 16.0 Å². The average molecular weight is 218 g/mol. The smallest absolute Gasteiger partial charge is 0.303 e. The van der Waals surface area contributed by atoms with Crippen molar-refractivity contribution in [1.29, 1.82) is 0 Å². The molecule has 1 unspecified atom stereocenters. The fourth-order valence-corrected chi connectivity index (χ4v) is 2.21. The van der Waals surface area contributed by atoms with Crippen molar-refractivity contribution < 1.29 is 14.3 Å². The minimum atomic E-state index is -0.618. The number of aryl methyl sites for hydroxylation is 2. The molecule has 0 radical (unpaired) electrons. The van der Waals surface area contributed by atoms with E-state index in [0.29, 0.717) is 6.42 Å². The maximum atomic E-state index is 12.0. The van der Waals surface area contributed by atoms with Crippen LogP contribution in [0.15, 0.2) is 12.1 Å². The van der Waals surface area contributed by atoms with E-state index in [1.54, 1.807) is 0 Å². The summed E-state index contributed by atoms with van der Waals surface area (Å²) < 4.78 is 5.03. The third kappa shape index (κ3) is 1.62. The van der Waals surface area contributed by atoms with Crippen LogP contribution < -0.4 is 0 Å². The second kappa shape index (κ2) is 3.74. The molecule has 1 aromatic carbocycles. The molecule has 0 aromatic heterocycles. The number of hydrogen-bond donors (Lipinski definition) is 0. The van der Waals surface area contributed by atoms with Crippen molar-refractivity contribution in [3.05, 3.63) is 34.4 Å². The third-order valence-electron chi connectivity index (χ3n) is 2.99. The van der Waals surface area contributed by atoms with Gasteiger partial charge in [0.1, 0.15) is 0 Å². The van der Waals surface area contributed by atoms with Gasteiger partial charge in [0.25, 0.3) is 0 Å². The summed E-state index contributed by atoms with van der Waals surface area (Å²) in [5, 5.41) is 0. The van der Waals surface area contributed by atoms with E-state index in [-0.39, 0.29) is 5.78 Å². The highest BCUT2D eigenvalue weighted by molar-refractivity contribution is 6.06. The number of carbonyl (C=O) groups excluding carboxylic acids is 2. The topological polar surface area (TPSA) is 43.4 Å². The lowest BCUT2D eigenvalue weighted by Gasteiger charge is -2.07. The molecule has 3 heteroatoms. The largest absolute Gasteiger partial charge is 0.454 e. The van der Waals surface area contributed by atoms with E-state index in [0.717, 1.165) is 22.3 Å². The summed E-state index contributed by atoms with van der Waals surface area (Å²) >= 11 is 0. The fourth-order valence-electron chi connectivity index (χ4n) is 2.21. The summed E-state index contributed by atoms with van der Waals surface area (Å²) in [5.74, 6) is -0.465. The highest BCUT2D eigenvalue weighted by Crippen LogP contribution is 2.29. The fraction of sp³-hybridized carbons (Fsp3) is 0.385. The van der Waals surface area contributed by atoms with Crippen molar-refractivity contribution in [2.24, 2.45) is 0 Å². The van der Waals surface area contributed by atoms with Gasteiger partial charge in [0.2, 0.25) is 5.78 Å². The van der Waals surface area contributed by atoms with Crippen molar-refractivity contribution in [3.63, 3.8) is 0 Å². The number of benzene rings is 1. The molecule has 2 rings (SSSR count). The first-order valence-electron chi connectivity index (χ1n) is 5.31. The van der Waals surface area contributed by atoms with Crippen LogP contribution in [0.3, 0.4) is 0 Å². The van der Waals surface area contributed by atoms with Gasteiger partial charge in [-0.3, -0.25) is 9.59 Å². The standard InChI is InChI=1S/C13H14O3/c1-7-4-5-8(2)12-10(7)6-11(13(12)15)16-9(3)14/h4-5,11H,6H2,1-3H3. The van der Waals surface area contributed by atoms with Crippen LogP contribution in [0, 0.1) is 13.8 Å². The number of carbonyl (C=O) groups is 2. The predicted octanol–water partition coefficient (Wildman–Crippen LogP) is 1.97. The highest BCUT2D eigenvalue weighted by atomic mass is 16.5. The van der Waals surface area contributed by atoms with Crippen molar-refractivity contribution in [3.8, 4) is 0 Å². The molecular formula is C13H14O3. The van der Waals surface area contributed by atoms with Gasteiger partial charge in [0, 0.05) is 18.9 Å². The third-order valence-corrected chi connectivity index (χ3v) is 2.99. The maximum Gasteiger partial charge on any atom is 0.303 e. The SMILES string of the molecule is CC(=O)OC1Cc2c(C)ccc(C)c2C1=O. The molecule has 0 fully saturated rings. The van der Waals surface area contributed by atoms with Gasteiger partial charge in [-0.25, -0.2) is 0 Å². The van der Waals surface area contributed by atoms with Crippen molar-refractivity contribution >= 4 is 11.8 Å². The minimum absolute atomic E-state index is 0.0635. The Morgan fingerprint density at radius 1 is 1.31 bits per heavy atom. The summed E-state index contributed by atoms with van der Waals surface area (Å²) in [4.78, 5) is 22.9. The van der Waals surface area contributed by atoms with E-state index in [1.165, 1.54) is 6.92 Å². The van der Waals surface area contributed by atoms with Gasteiger partial charge in [-0.05, 0) is 30.5 Å². The molecule has 84 valence electrons. The molecule has 0 saturated carbocycles.